The monoisotopic (exact) mass is 691 g/mol. The maximum absolute atomic E-state index is 14.5. The smallest absolute Gasteiger partial charge is 0.308 e. The van der Waals surface area contributed by atoms with E-state index < -0.39 is 11.7 Å². The number of aromatic nitrogens is 2. The third-order valence-corrected chi connectivity index (χ3v) is 9.45. The molecule has 0 bridgehead atoms. The molecule has 0 N–H and O–H groups in total. The average Bonchev–Trinajstić information content (AvgIpc) is 3.67. The predicted octanol–water partition coefficient (Wildman–Crippen LogP) is 10.2. The lowest BCUT2D eigenvalue weighted by atomic mass is 9.95. The number of benzene rings is 6. The van der Waals surface area contributed by atoms with Gasteiger partial charge in [-0.3, -0.25) is 0 Å². The Morgan fingerprint density at radius 1 is 0.453 bits per heavy atom. The second kappa shape index (κ2) is 11.9. The topological polar surface area (TPSA) is 129 Å². The zero-order chi connectivity index (χ0) is 37.2. The van der Waals surface area contributed by atoms with Gasteiger partial charge in [0.15, 0.2) is 0 Å². The lowest BCUT2D eigenvalue weighted by Crippen LogP contribution is -2.08. The summed E-state index contributed by atoms with van der Waals surface area (Å²) in [5.41, 5.74) is 4.12. The van der Waals surface area contributed by atoms with Crippen LogP contribution in [0.15, 0.2) is 103 Å². The lowest BCUT2D eigenvalue weighted by Gasteiger charge is -2.22. The van der Waals surface area contributed by atoms with Gasteiger partial charge in [0.2, 0.25) is 0 Å². The summed E-state index contributed by atoms with van der Waals surface area (Å²) in [5.74, 6) is 0. The molecular weight excluding hydrogens is 672 g/mol. The van der Waals surface area contributed by atoms with Gasteiger partial charge in [-0.15, -0.1) is 0 Å². The van der Waals surface area contributed by atoms with Crippen LogP contribution in [0.2, 0.25) is 0 Å². The number of aryl methyl sites for hydroxylation is 1. The first-order valence-electron chi connectivity index (χ1n) is 16.1. The Balaban J connectivity index is 1.66. The van der Waals surface area contributed by atoms with Gasteiger partial charge in [0.05, 0.1) is 97.2 Å². The van der Waals surface area contributed by atoms with Gasteiger partial charge < -0.3 is 9.13 Å². The molecule has 53 heavy (non-hydrogen) atoms. The Morgan fingerprint density at radius 3 is 1.13 bits per heavy atom. The summed E-state index contributed by atoms with van der Waals surface area (Å²) in [6.07, 6.45) is -4.69. The molecule has 8 aromatic rings. The van der Waals surface area contributed by atoms with E-state index >= 15 is 0 Å². The maximum Gasteiger partial charge on any atom is 0.416 e. The fourth-order valence-corrected chi connectivity index (χ4v) is 7.25. The van der Waals surface area contributed by atoms with Crippen LogP contribution in [0.3, 0.4) is 0 Å². The fraction of sp³-hybridized carbons (Fsp3) is 0.0465. The Labute approximate surface area is 299 Å². The van der Waals surface area contributed by atoms with E-state index in [1.807, 2.05) is 0 Å². The van der Waals surface area contributed by atoms with Crippen molar-refractivity contribution in [1.29, 1.82) is 26.3 Å². The number of fused-ring (bicyclic) bond motifs is 6. The summed E-state index contributed by atoms with van der Waals surface area (Å²) >= 11 is 0. The minimum atomic E-state index is -4.69. The minimum Gasteiger partial charge on any atom is -0.308 e. The van der Waals surface area contributed by atoms with E-state index in [-0.39, 0.29) is 11.1 Å². The second-order valence-electron chi connectivity index (χ2n) is 12.6. The molecule has 0 fully saturated rings. The highest BCUT2D eigenvalue weighted by Crippen LogP contribution is 2.44. The first-order valence-corrected chi connectivity index (χ1v) is 16.1. The number of hydrogen-bond donors (Lipinski definition) is 0. The predicted molar refractivity (Wildman–Crippen MR) is 194 cm³/mol. The van der Waals surface area contributed by atoms with Gasteiger partial charge in [0.1, 0.15) is 0 Å². The van der Waals surface area contributed by atoms with E-state index in [1.165, 1.54) is 0 Å². The summed E-state index contributed by atoms with van der Waals surface area (Å²) in [4.78, 5) is 0. The number of nitrogens with zero attached hydrogens (tertiary/aromatic N) is 7. The molecule has 2 heterocycles. The molecule has 0 spiro atoms. The zero-order valence-electron chi connectivity index (χ0n) is 27.6. The standard InChI is InChI=1S/C43H20F3N7/c1-24-10-30(18-31(11-24)43(44,45)46)42-40(52-36-12-25(19-47)2-6-32(36)33-7-3-26(20-48)13-37(33)52)16-29(23-51)17-41(42)53-38-14-27(21-49)4-8-34(38)35-9-5-28(22-50)15-39(35)53/h2-18H,1H3. The quantitative estimate of drug-likeness (QED) is 0.182. The van der Waals surface area contributed by atoms with Crippen molar-refractivity contribution in [3.63, 3.8) is 0 Å². The fourth-order valence-electron chi connectivity index (χ4n) is 7.25. The van der Waals surface area contributed by atoms with Gasteiger partial charge in [0.25, 0.3) is 0 Å². The van der Waals surface area contributed by atoms with E-state index in [9.17, 15) is 39.5 Å². The van der Waals surface area contributed by atoms with Crippen molar-refractivity contribution in [2.45, 2.75) is 13.1 Å². The van der Waals surface area contributed by atoms with Crippen molar-refractivity contribution in [2.75, 3.05) is 0 Å². The van der Waals surface area contributed by atoms with Gasteiger partial charge in [-0.25, -0.2) is 0 Å². The molecule has 2 aromatic heterocycles. The van der Waals surface area contributed by atoms with Gasteiger partial charge in [-0.2, -0.15) is 39.5 Å². The number of alkyl halides is 3. The molecule has 0 saturated carbocycles. The maximum atomic E-state index is 14.5. The molecule has 0 saturated heterocycles. The summed E-state index contributed by atoms with van der Waals surface area (Å²) < 4.78 is 47.1. The number of hydrogen-bond acceptors (Lipinski definition) is 5. The van der Waals surface area contributed by atoms with Crippen LogP contribution in [0.1, 0.15) is 38.9 Å². The van der Waals surface area contributed by atoms with Gasteiger partial charge >= 0.3 is 6.18 Å². The SMILES string of the molecule is Cc1cc(-c2c(-n3c4cc(C#N)ccc4c4ccc(C#N)cc43)cc(C#N)cc2-n2c3cc(C#N)ccc3c3ccc(C#N)cc32)cc(C(F)(F)F)c1. The highest BCUT2D eigenvalue weighted by molar-refractivity contribution is 6.12. The average molecular weight is 692 g/mol. The Hall–Kier alpha value is -7.84. The molecule has 0 aliphatic carbocycles. The summed E-state index contributed by atoms with van der Waals surface area (Å²) in [7, 11) is 0. The molecule has 0 unspecified atom stereocenters. The highest BCUT2D eigenvalue weighted by atomic mass is 19.4. The Morgan fingerprint density at radius 2 is 0.811 bits per heavy atom. The molecule has 0 aliphatic heterocycles. The van der Waals surface area contributed by atoms with Crippen LogP contribution in [-0.4, -0.2) is 9.13 Å². The van der Waals surface area contributed by atoms with E-state index in [0.717, 1.165) is 12.1 Å². The van der Waals surface area contributed by atoms with Gasteiger partial charge in [0, 0.05) is 27.1 Å². The number of rotatable bonds is 3. The van der Waals surface area contributed by atoms with Crippen molar-refractivity contribution in [3.8, 4) is 52.8 Å². The third kappa shape index (κ3) is 5.09. The molecular formula is C43H20F3N7. The largest absolute Gasteiger partial charge is 0.416 e. The van der Waals surface area contributed by atoms with Crippen LogP contribution >= 0.6 is 0 Å². The number of halogens is 3. The molecule has 10 heteroatoms. The van der Waals surface area contributed by atoms with Crippen LogP contribution < -0.4 is 0 Å². The van der Waals surface area contributed by atoms with E-state index in [2.05, 4.69) is 30.3 Å². The third-order valence-electron chi connectivity index (χ3n) is 9.45. The van der Waals surface area contributed by atoms with Gasteiger partial charge in [-0.05, 0) is 90.8 Å². The summed E-state index contributed by atoms with van der Waals surface area (Å²) in [6, 6.07) is 38.2. The Kier molecular flexibility index (Phi) is 7.26. The van der Waals surface area contributed by atoms with Crippen LogP contribution in [0.4, 0.5) is 13.2 Å². The Bertz CT molecular complexity index is 2810. The summed E-state index contributed by atoms with van der Waals surface area (Å²) in [6.45, 7) is 1.57. The second-order valence-corrected chi connectivity index (χ2v) is 12.6. The van der Waals surface area contributed by atoms with Crippen molar-refractivity contribution in [1.82, 2.24) is 9.13 Å². The van der Waals surface area contributed by atoms with Crippen molar-refractivity contribution in [3.05, 3.63) is 142 Å². The van der Waals surface area contributed by atoms with Crippen LogP contribution in [0.25, 0.3) is 66.1 Å². The minimum absolute atomic E-state index is 0.160. The first kappa shape index (κ1) is 32.4. The molecule has 6 aromatic carbocycles. The molecule has 0 atom stereocenters. The van der Waals surface area contributed by atoms with Crippen molar-refractivity contribution in [2.24, 2.45) is 0 Å². The normalized spacial score (nSPS) is 11.3. The van der Waals surface area contributed by atoms with Crippen molar-refractivity contribution >= 4 is 43.6 Å². The summed E-state index contributed by atoms with van der Waals surface area (Å²) in [5, 5.41) is 53.1. The molecule has 7 nitrogen and oxygen atoms in total. The molecule has 0 amide bonds. The molecule has 0 aliphatic rings. The van der Waals surface area contributed by atoms with Crippen molar-refractivity contribution < 1.29 is 13.2 Å². The molecule has 0 radical (unpaired) electrons. The van der Waals surface area contributed by atoms with E-state index in [0.29, 0.717) is 88.4 Å². The molecule has 248 valence electrons. The lowest BCUT2D eigenvalue weighted by molar-refractivity contribution is -0.137. The van der Waals surface area contributed by atoms with Crippen LogP contribution in [0.5, 0.6) is 0 Å². The van der Waals surface area contributed by atoms with Gasteiger partial charge in [-0.1, -0.05) is 30.3 Å². The zero-order valence-corrected chi connectivity index (χ0v) is 27.6. The van der Waals surface area contributed by atoms with Crippen LogP contribution in [-0.2, 0) is 6.18 Å². The van der Waals surface area contributed by atoms with E-state index in [4.69, 9.17) is 0 Å². The van der Waals surface area contributed by atoms with E-state index in [1.54, 1.807) is 107 Å². The highest BCUT2D eigenvalue weighted by Gasteiger charge is 2.32. The molecule has 8 rings (SSSR count). The number of nitriles is 5. The van der Waals surface area contributed by atoms with Crippen LogP contribution in [0, 0.1) is 63.6 Å². The first-order chi connectivity index (χ1) is 25.6.